The molecule has 1 N–H and O–H groups in total. The Kier molecular flexibility index (Phi) is 5.79. The smallest absolute Gasteiger partial charge is 0.376 e. The van der Waals surface area contributed by atoms with Crippen LogP contribution in [0.15, 0.2) is 54.6 Å². The fourth-order valence-corrected chi connectivity index (χ4v) is 3.64. The number of carbonyl (C=O) groups is 1. The fourth-order valence-electron chi connectivity index (χ4n) is 3.64. The lowest BCUT2D eigenvalue weighted by atomic mass is 9.92. The average Bonchev–Trinajstić information content (AvgIpc) is 2.93. The molecule has 2 atom stereocenters. The summed E-state index contributed by atoms with van der Waals surface area (Å²) in [6.07, 6.45) is -2.04. The molecule has 3 nitrogen and oxygen atoms in total. The Bertz CT molecular complexity index is 801. The minimum absolute atomic E-state index is 0.188. The van der Waals surface area contributed by atoms with Crippen molar-refractivity contribution in [1.29, 1.82) is 0 Å². The van der Waals surface area contributed by atoms with Crippen molar-refractivity contribution in [2.45, 2.75) is 43.9 Å². The molecular weight excluding hydrogens is 367 g/mol. The van der Waals surface area contributed by atoms with Crippen molar-refractivity contribution in [1.82, 2.24) is 4.90 Å². The van der Waals surface area contributed by atoms with Crippen LogP contribution in [0.3, 0.4) is 0 Å². The van der Waals surface area contributed by atoms with Crippen molar-refractivity contribution in [3.8, 4) is 0 Å². The first-order chi connectivity index (χ1) is 13.2. The van der Waals surface area contributed by atoms with Crippen LogP contribution in [0.1, 0.15) is 53.6 Å². The minimum atomic E-state index is -4.78. The van der Waals surface area contributed by atoms with Gasteiger partial charge in [0.15, 0.2) is 5.60 Å². The number of likely N-dealkylation sites (tertiary alicyclic amines) is 1. The number of aliphatic hydroxyl groups is 1. The molecule has 1 amide bonds. The van der Waals surface area contributed by atoms with Gasteiger partial charge < -0.3 is 10.0 Å². The van der Waals surface area contributed by atoms with Crippen LogP contribution in [0.4, 0.5) is 13.2 Å². The Labute approximate surface area is 162 Å². The van der Waals surface area contributed by atoms with E-state index in [1.807, 2.05) is 18.2 Å². The fraction of sp³-hybridized carbons (Fsp3) is 0.409. The van der Waals surface area contributed by atoms with Gasteiger partial charge in [0.1, 0.15) is 0 Å². The van der Waals surface area contributed by atoms with Gasteiger partial charge in [-0.1, -0.05) is 42.5 Å². The van der Waals surface area contributed by atoms with Crippen LogP contribution in [0.25, 0.3) is 0 Å². The largest absolute Gasteiger partial charge is 0.421 e. The topological polar surface area (TPSA) is 40.5 Å². The van der Waals surface area contributed by atoms with E-state index < -0.39 is 11.8 Å². The summed E-state index contributed by atoms with van der Waals surface area (Å²) in [7, 11) is 0. The van der Waals surface area contributed by atoms with Crippen LogP contribution in [0.2, 0.25) is 0 Å². The molecule has 0 saturated carbocycles. The molecule has 0 aromatic heterocycles. The SMILES string of the molecule is CC(O)(c1ccc(C(=O)N2CCCC(c3ccccc3)CC2)cc1)C(F)(F)F. The molecule has 1 saturated heterocycles. The third kappa shape index (κ3) is 4.22. The Morgan fingerprint density at radius 3 is 2.25 bits per heavy atom. The zero-order chi connectivity index (χ0) is 20.4. The van der Waals surface area contributed by atoms with Gasteiger partial charge >= 0.3 is 6.18 Å². The Morgan fingerprint density at radius 2 is 1.64 bits per heavy atom. The first kappa shape index (κ1) is 20.4. The van der Waals surface area contributed by atoms with Crippen LogP contribution in [-0.4, -0.2) is 35.2 Å². The van der Waals surface area contributed by atoms with Crippen LogP contribution >= 0.6 is 0 Å². The molecule has 2 aromatic rings. The maximum atomic E-state index is 13.0. The van der Waals surface area contributed by atoms with E-state index in [1.165, 1.54) is 29.8 Å². The van der Waals surface area contributed by atoms with Gasteiger partial charge in [-0.3, -0.25) is 4.79 Å². The molecule has 6 heteroatoms. The first-order valence-electron chi connectivity index (χ1n) is 9.44. The van der Waals surface area contributed by atoms with E-state index in [0.29, 0.717) is 31.5 Å². The van der Waals surface area contributed by atoms with Crippen LogP contribution < -0.4 is 0 Å². The minimum Gasteiger partial charge on any atom is -0.376 e. The van der Waals surface area contributed by atoms with Gasteiger partial charge in [-0.2, -0.15) is 13.2 Å². The summed E-state index contributed by atoms with van der Waals surface area (Å²) in [5.41, 5.74) is -1.62. The van der Waals surface area contributed by atoms with E-state index in [-0.39, 0.29) is 11.5 Å². The van der Waals surface area contributed by atoms with Gasteiger partial charge in [-0.25, -0.2) is 0 Å². The van der Waals surface area contributed by atoms with E-state index in [1.54, 1.807) is 4.90 Å². The maximum Gasteiger partial charge on any atom is 0.421 e. The van der Waals surface area contributed by atoms with Gasteiger partial charge in [0.05, 0.1) is 0 Å². The molecule has 0 spiro atoms. The van der Waals surface area contributed by atoms with Crippen molar-refractivity contribution in [2.24, 2.45) is 0 Å². The number of rotatable bonds is 3. The number of halogens is 3. The summed E-state index contributed by atoms with van der Waals surface area (Å²) in [4.78, 5) is 14.6. The molecule has 1 fully saturated rings. The number of hydrogen-bond donors (Lipinski definition) is 1. The summed E-state index contributed by atoms with van der Waals surface area (Å²) in [6, 6.07) is 15.3. The zero-order valence-electron chi connectivity index (χ0n) is 15.7. The lowest BCUT2D eigenvalue weighted by Gasteiger charge is -2.27. The molecule has 0 bridgehead atoms. The molecule has 1 aliphatic heterocycles. The van der Waals surface area contributed by atoms with E-state index in [2.05, 4.69) is 12.1 Å². The normalized spacial score (nSPS) is 20.3. The molecule has 1 heterocycles. The Hall–Kier alpha value is -2.34. The molecular formula is C22H24F3NO2. The maximum absolute atomic E-state index is 13.0. The third-order valence-corrected chi connectivity index (χ3v) is 5.53. The van der Waals surface area contributed by atoms with Gasteiger partial charge in [-0.05, 0) is 55.4 Å². The molecule has 3 rings (SSSR count). The summed E-state index contributed by atoms with van der Waals surface area (Å²) >= 11 is 0. The monoisotopic (exact) mass is 391 g/mol. The predicted molar refractivity (Wildman–Crippen MR) is 101 cm³/mol. The van der Waals surface area contributed by atoms with E-state index >= 15 is 0 Å². The van der Waals surface area contributed by atoms with E-state index in [9.17, 15) is 23.1 Å². The number of amides is 1. The van der Waals surface area contributed by atoms with Crippen molar-refractivity contribution in [3.05, 3.63) is 71.3 Å². The molecule has 150 valence electrons. The first-order valence-corrected chi connectivity index (χ1v) is 9.44. The lowest BCUT2D eigenvalue weighted by molar-refractivity contribution is -0.258. The summed E-state index contributed by atoms with van der Waals surface area (Å²) < 4.78 is 38.9. The highest BCUT2D eigenvalue weighted by Crippen LogP contribution is 2.38. The second-order valence-electron chi connectivity index (χ2n) is 7.48. The Morgan fingerprint density at radius 1 is 1.00 bits per heavy atom. The highest BCUT2D eigenvalue weighted by atomic mass is 19.4. The quantitative estimate of drug-likeness (QED) is 0.811. The Balaban J connectivity index is 1.69. The number of carbonyl (C=O) groups excluding carboxylic acids is 1. The van der Waals surface area contributed by atoms with Gasteiger partial charge in [0.25, 0.3) is 5.91 Å². The van der Waals surface area contributed by atoms with Crippen molar-refractivity contribution in [3.63, 3.8) is 0 Å². The van der Waals surface area contributed by atoms with Crippen molar-refractivity contribution < 1.29 is 23.1 Å². The van der Waals surface area contributed by atoms with Gasteiger partial charge in [0.2, 0.25) is 0 Å². The highest BCUT2D eigenvalue weighted by molar-refractivity contribution is 5.94. The number of benzene rings is 2. The predicted octanol–water partition coefficient (Wildman–Crippen LogP) is 4.87. The number of hydrogen-bond acceptors (Lipinski definition) is 2. The summed E-state index contributed by atoms with van der Waals surface area (Å²) in [5, 5.41) is 9.75. The van der Waals surface area contributed by atoms with Crippen LogP contribution in [-0.2, 0) is 5.60 Å². The standard InChI is InChI=1S/C22H24F3NO2/c1-21(28,22(23,24)25)19-11-9-18(10-12-19)20(27)26-14-5-8-17(13-15-26)16-6-3-2-4-7-16/h2-4,6-7,9-12,17,28H,5,8,13-15H2,1H3. The van der Waals surface area contributed by atoms with Gasteiger partial charge in [0, 0.05) is 18.7 Å². The number of nitrogens with zero attached hydrogens (tertiary/aromatic N) is 1. The molecule has 0 radical (unpaired) electrons. The highest BCUT2D eigenvalue weighted by Gasteiger charge is 2.51. The van der Waals surface area contributed by atoms with Crippen molar-refractivity contribution >= 4 is 5.91 Å². The second kappa shape index (κ2) is 7.95. The molecule has 2 unspecified atom stereocenters. The molecule has 28 heavy (non-hydrogen) atoms. The van der Waals surface area contributed by atoms with Crippen LogP contribution in [0.5, 0.6) is 0 Å². The van der Waals surface area contributed by atoms with E-state index in [4.69, 9.17) is 0 Å². The van der Waals surface area contributed by atoms with Crippen LogP contribution in [0, 0.1) is 0 Å². The molecule has 0 aliphatic carbocycles. The van der Waals surface area contributed by atoms with Gasteiger partial charge in [-0.15, -0.1) is 0 Å². The number of alkyl halides is 3. The van der Waals surface area contributed by atoms with Crippen molar-refractivity contribution in [2.75, 3.05) is 13.1 Å². The average molecular weight is 391 g/mol. The summed E-state index contributed by atoms with van der Waals surface area (Å²) in [5.74, 6) is 0.218. The molecule has 1 aliphatic rings. The lowest BCUT2D eigenvalue weighted by Crippen LogP contribution is -2.39. The third-order valence-electron chi connectivity index (χ3n) is 5.53. The summed E-state index contributed by atoms with van der Waals surface area (Å²) in [6.45, 7) is 1.95. The molecule has 2 aromatic carbocycles. The second-order valence-corrected chi connectivity index (χ2v) is 7.48. The zero-order valence-corrected chi connectivity index (χ0v) is 15.7. The van der Waals surface area contributed by atoms with E-state index in [0.717, 1.165) is 19.3 Å².